The van der Waals surface area contributed by atoms with Gasteiger partial charge in [-0.15, -0.1) is 11.3 Å². The zero-order chi connectivity index (χ0) is 14.5. The Kier molecular flexibility index (Phi) is 5.42. The van der Waals surface area contributed by atoms with Gasteiger partial charge < -0.3 is 15.3 Å². The van der Waals surface area contributed by atoms with Crippen molar-refractivity contribution in [1.29, 1.82) is 0 Å². The standard InChI is InChI=1S/C13H17BrN2O3S/c14-11-4-3-10(20-11)5-6-15-13(19)16-7-1-2-9(16)8-12(17)18/h3-4,9H,1-2,5-8H2,(H,15,19)(H,17,18). The van der Waals surface area contributed by atoms with Crippen molar-refractivity contribution < 1.29 is 14.7 Å². The topological polar surface area (TPSA) is 69.6 Å². The number of rotatable bonds is 5. The van der Waals surface area contributed by atoms with Crippen LogP contribution in [0.4, 0.5) is 4.79 Å². The van der Waals surface area contributed by atoms with Crippen molar-refractivity contribution in [2.45, 2.75) is 31.7 Å². The summed E-state index contributed by atoms with van der Waals surface area (Å²) in [5, 5.41) is 11.7. The molecule has 1 unspecified atom stereocenters. The van der Waals surface area contributed by atoms with Crippen molar-refractivity contribution in [3.05, 3.63) is 20.8 Å². The minimum Gasteiger partial charge on any atom is -0.481 e. The predicted octanol–water partition coefficient (Wildman–Crippen LogP) is 2.70. The van der Waals surface area contributed by atoms with Crippen LogP contribution < -0.4 is 5.32 Å². The van der Waals surface area contributed by atoms with Crippen molar-refractivity contribution >= 4 is 39.3 Å². The number of carbonyl (C=O) groups excluding carboxylic acids is 1. The number of carboxylic acid groups (broad SMARTS) is 1. The Morgan fingerprint density at radius 3 is 2.95 bits per heavy atom. The highest BCUT2D eigenvalue weighted by Crippen LogP contribution is 2.22. The number of hydrogen-bond donors (Lipinski definition) is 2. The number of amides is 2. The normalized spacial score (nSPS) is 18.2. The van der Waals surface area contributed by atoms with E-state index in [1.807, 2.05) is 12.1 Å². The number of carboxylic acids is 1. The number of nitrogens with one attached hydrogen (secondary N) is 1. The summed E-state index contributed by atoms with van der Waals surface area (Å²) in [6, 6.07) is 3.71. The SMILES string of the molecule is O=C(O)CC1CCCN1C(=O)NCCc1ccc(Br)s1. The predicted molar refractivity (Wildman–Crippen MR) is 81.1 cm³/mol. The maximum atomic E-state index is 12.0. The van der Waals surface area contributed by atoms with Gasteiger partial charge in [-0.25, -0.2) is 4.79 Å². The molecule has 1 aromatic rings. The zero-order valence-electron chi connectivity index (χ0n) is 11.0. The van der Waals surface area contributed by atoms with Crippen LogP contribution in [0.3, 0.4) is 0 Å². The molecule has 0 spiro atoms. The van der Waals surface area contributed by atoms with E-state index in [1.54, 1.807) is 16.2 Å². The van der Waals surface area contributed by atoms with Crippen LogP contribution in [0.2, 0.25) is 0 Å². The molecule has 2 N–H and O–H groups in total. The second-order valence-corrected chi connectivity index (χ2v) is 7.32. The Labute approximate surface area is 130 Å². The van der Waals surface area contributed by atoms with Crippen LogP contribution >= 0.6 is 27.3 Å². The third-order valence-corrected chi connectivity index (χ3v) is 5.01. The Morgan fingerprint density at radius 1 is 1.50 bits per heavy atom. The van der Waals surface area contributed by atoms with Crippen LogP contribution in [-0.4, -0.2) is 41.1 Å². The third-order valence-electron chi connectivity index (χ3n) is 3.32. The van der Waals surface area contributed by atoms with Gasteiger partial charge in [0.05, 0.1) is 10.2 Å². The van der Waals surface area contributed by atoms with Gasteiger partial charge in [0.25, 0.3) is 0 Å². The summed E-state index contributed by atoms with van der Waals surface area (Å²) in [5.41, 5.74) is 0. The molecule has 5 nitrogen and oxygen atoms in total. The summed E-state index contributed by atoms with van der Waals surface area (Å²) in [6.07, 6.45) is 2.48. The van der Waals surface area contributed by atoms with Gasteiger partial charge in [0.1, 0.15) is 0 Å². The quantitative estimate of drug-likeness (QED) is 0.847. The molecule has 7 heteroatoms. The van der Waals surface area contributed by atoms with E-state index < -0.39 is 5.97 Å². The molecule has 1 aliphatic rings. The van der Waals surface area contributed by atoms with Crippen molar-refractivity contribution in [1.82, 2.24) is 10.2 Å². The number of hydrogen-bond acceptors (Lipinski definition) is 3. The first kappa shape index (κ1) is 15.3. The van der Waals surface area contributed by atoms with E-state index in [2.05, 4.69) is 21.2 Å². The van der Waals surface area contributed by atoms with Gasteiger partial charge in [0, 0.05) is 24.0 Å². The molecule has 1 aromatic heterocycles. The fourth-order valence-corrected chi connectivity index (χ4v) is 3.88. The smallest absolute Gasteiger partial charge is 0.317 e. The minimum atomic E-state index is -0.849. The van der Waals surface area contributed by atoms with Crippen LogP contribution in [0, 0.1) is 0 Å². The van der Waals surface area contributed by atoms with Gasteiger partial charge in [-0.2, -0.15) is 0 Å². The molecule has 0 radical (unpaired) electrons. The molecule has 1 fully saturated rings. The van der Waals surface area contributed by atoms with Gasteiger partial charge in [-0.1, -0.05) is 0 Å². The molecule has 2 amide bonds. The highest BCUT2D eigenvalue weighted by atomic mass is 79.9. The lowest BCUT2D eigenvalue weighted by molar-refractivity contribution is -0.137. The largest absolute Gasteiger partial charge is 0.481 e. The highest BCUT2D eigenvalue weighted by Gasteiger charge is 2.30. The number of halogens is 1. The lowest BCUT2D eigenvalue weighted by Crippen LogP contribution is -2.44. The van der Waals surface area contributed by atoms with Crippen LogP contribution in [-0.2, 0) is 11.2 Å². The Morgan fingerprint density at radius 2 is 2.30 bits per heavy atom. The second kappa shape index (κ2) is 7.08. The molecule has 0 saturated carbocycles. The number of carbonyl (C=O) groups is 2. The summed E-state index contributed by atoms with van der Waals surface area (Å²) in [6.45, 7) is 1.22. The lowest BCUT2D eigenvalue weighted by atomic mass is 10.1. The molecule has 2 rings (SSSR count). The van der Waals surface area contributed by atoms with Crippen LogP contribution in [0.15, 0.2) is 15.9 Å². The van der Waals surface area contributed by atoms with E-state index in [1.165, 1.54) is 4.88 Å². The first-order valence-corrected chi connectivity index (χ1v) is 8.17. The number of aliphatic carboxylic acids is 1. The summed E-state index contributed by atoms with van der Waals surface area (Å²) in [4.78, 5) is 25.7. The number of urea groups is 1. The Hall–Kier alpha value is -1.08. The maximum absolute atomic E-state index is 12.0. The minimum absolute atomic E-state index is 0.0330. The van der Waals surface area contributed by atoms with E-state index in [0.717, 1.165) is 23.0 Å². The molecule has 2 heterocycles. The van der Waals surface area contributed by atoms with Gasteiger partial charge in [0.2, 0.25) is 0 Å². The molecule has 0 aliphatic carbocycles. The Bertz CT molecular complexity index is 492. The van der Waals surface area contributed by atoms with E-state index in [4.69, 9.17) is 5.11 Å². The number of nitrogens with zero attached hydrogens (tertiary/aromatic N) is 1. The molecule has 1 atom stereocenters. The molecular weight excluding hydrogens is 344 g/mol. The third kappa shape index (κ3) is 4.21. The summed E-state index contributed by atoms with van der Waals surface area (Å²) < 4.78 is 1.08. The second-order valence-electron chi connectivity index (χ2n) is 4.78. The first-order valence-electron chi connectivity index (χ1n) is 6.56. The molecule has 1 saturated heterocycles. The van der Waals surface area contributed by atoms with Crippen molar-refractivity contribution in [2.24, 2.45) is 0 Å². The van der Waals surface area contributed by atoms with Crippen LogP contribution in [0.5, 0.6) is 0 Å². The van der Waals surface area contributed by atoms with Gasteiger partial charge in [0.15, 0.2) is 0 Å². The van der Waals surface area contributed by atoms with E-state index in [-0.39, 0.29) is 18.5 Å². The van der Waals surface area contributed by atoms with Gasteiger partial charge >= 0.3 is 12.0 Å². The van der Waals surface area contributed by atoms with Gasteiger partial charge in [-0.05, 0) is 47.3 Å². The molecule has 1 aliphatic heterocycles. The van der Waals surface area contributed by atoms with E-state index in [9.17, 15) is 9.59 Å². The molecule has 110 valence electrons. The fourth-order valence-electron chi connectivity index (χ4n) is 2.40. The van der Waals surface area contributed by atoms with Crippen molar-refractivity contribution in [3.8, 4) is 0 Å². The zero-order valence-corrected chi connectivity index (χ0v) is 13.4. The van der Waals surface area contributed by atoms with E-state index in [0.29, 0.717) is 13.1 Å². The molecule has 0 aromatic carbocycles. The summed E-state index contributed by atoms with van der Waals surface area (Å²) in [7, 11) is 0. The maximum Gasteiger partial charge on any atom is 0.317 e. The average Bonchev–Trinajstić information content (AvgIpc) is 2.98. The Balaban J connectivity index is 1.77. The van der Waals surface area contributed by atoms with Gasteiger partial charge in [-0.3, -0.25) is 4.79 Å². The number of thiophene rings is 1. The monoisotopic (exact) mass is 360 g/mol. The first-order chi connectivity index (χ1) is 9.56. The highest BCUT2D eigenvalue weighted by molar-refractivity contribution is 9.11. The van der Waals surface area contributed by atoms with Crippen LogP contribution in [0.1, 0.15) is 24.1 Å². The lowest BCUT2D eigenvalue weighted by Gasteiger charge is -2.23. The van der Waals surface area contributed by atoms with Crippen molar-refractivity contribution in [2.75, 3.05) is 13.1 Å². The van der Waals surface area contributed by atoms with E-state index >= 15 is 0 Å². The molecule has 20 heavy (non-hydrogen) atoms. The fraction of sp³-hybridized carbons (Fsp3) is 0.538. The summed E-state index contributed by atoms with van der Waals surface area (Å²) in [5.74, 6) is -0.849. The molecular formula is C13H17BrN2O3S. The van der Waals surface area contributed by atoms with Crippen LogP contribution in [0.25, 0.3) is 0 Å². The average molecular weight is 361 g/mol. The summed E-state index contributed by atoms with van der Waals surface area (Å²) >= 11 is 5.06. The number of likely N-dealkylation sites (tertiary alicyclic amines) is 1. The molecule has 0 bridgehead atoms. The van der Waals surface area contributed by atoms with Crippen molar-refractivity contribution in [3.63, 3.8) is 0 Å².